The van der Waals surface area contributed by atoms with Crippen LogP contribution in [-0.2, 0) is 12.1 Å². The predicted octanol–water partition coefficient (Wildman–Crippen LogP) is 4.42. The SMILES string of the molecule is O=C1c2ccccc2C[N+]1([O-])C1(c2ccc(Br)cc2)CC(=CCCO)C1. The molecule has 1 aliphatic heterocycles. The molecule has 1 aliphatic carbocycles. The summed E-state index contributed by atoms with van der Waals surface area (Å²) < 4.78 is 0.0880. The lowest BCUT2D eigenvalue weighted by Gasteiger charge is -2.58. The number of quaternary nitrogens is 1. The van der Waals surface area contributed by atoms with Gasteiger partial charge in [0.1, 0.15) is 12.1 Å². The molecule has 4 rings (SSSR count). The van der Waals surface area contributed by atoms with Gasteiger partial charge in [-0.25, -0.2) is 4.79 Å². The van der Waals surface area contributed by atoms with E-state index in [9.17, 15) is 10.0 Å². The van der Waals surface area contributed by atoms with Crippen LogP contribution in [0.5, 0.6) is 0 Å². The van der Waals surface area contributed by atoms with Gasteiger partial charge in [-0.1, -0.05) is 57.9 Å². The summed E-state index contributed by atoms with van der Waals surface area (Å²) in [5.74, 6) is -0.343. The minimum absolute atomic E-state index is 0.0938. The molecule has 26 heavy (non-hydrogen) atoms. The van der Waals surface area contributed by atoms with E-state index in [1.165, 1.54) is 0 Å². The van der Waals surface area contributed by atoms with Crippen molar-refractivity contribution >= 4 is 21.8 Å². The Morgan fingerprint density at radius 3 is 2.50 bits per heavy atom. The average Bonchev–Trinajstić information content (AvgIpc) is 2.87. The van der Waals surface area contributed by atoms with E-state index in [0.29, 0.717) is 24.8 Å². The third-order valence-electron chi connectivity index (χ3n) is 5.64. The molecule has 2 aromatic carbocycles. The summed E-state index contributed by atoms with van der Waals surface area (Å²) in [6.45, 7) is 0.273. The monoisotopic (exact) mass is 413 g/mol. The first-order valence-corrected chi connectivity index (χ1v) is 9.56. The minimum Gasteiger partial charge on any atom is -0.624 e. The molecule has 0 radical (unpaired) electrons. The molecule has 1 heterocycles. The summed E-state index contributed by atoms with van der Waals surface area (Å²) in [4.78, 5) is 13.1. The van der Waals surface area contributed by atoms with Crippen LogP contribution >= 0.6 is 15.9 Å². The van der Waals surface area contributed by atoms with Crippen molar-refractivity contribution in [2.75, 3.05) is 6.61 Å². The summed E-state index contributed by atoms with van der Waals surface area (Å²) in [5.41, 5.74) is 2.62. The van der Waals surface area contributed by atoms with Crippen LogP contribution in [0.2, 0.25) is 0 Å². The van der Waals surface area contributed by atoms with Gasteiger partial charge in [0.25, 0.3) is 0 Å². The first-order valence-electron chi connectivity index (χ1n) is 8.77. The van der Waals surface area contributed by atoms with Gasteiger partial charge in [0.15, 0.2) is 0 Å². The molecular formula is C21H20BrNO3. The van der Waals surface area contributed by atoms with Crippen LogP contribution < -0.4 is 0 Å². The molecule has 1 N–H and O–H groups in total. The lowest BCUT2D eigenvalue weighted by Crippen LogP contribution is -2.62. The molecule has 0 saturated heterocycles. The smallest absolute Gasteiger partial charge is 0.347 e. The van der Waals surface area contributed by atoms with Crippen LogP contribution in [0.15, 0.2) is 64.7 Å². The molecule has 1 unspecified atom stereocenters. The fourth-order valence-corrected chi connectivity index (χ4v) is 4.52. The maximum atomic E-state index is 14.0. The number of carbonyl (C=O) groups excluding carboxylic acids is 1. The highest BCUT2D eigenvalue weighted by Crippen LogP contribution is 2.56. The van der Waals surface area contributed by atoms with Crippen LogP contribution in [0.25, 0.3) is 0 Å². The van der Waals surface area contributed by atoms with E-state index >= 15 is 0 Å². The number of fused-ring (bicyclic) bond motifs is 1. The zero-order valence-corrected chi connectivity index (χ0v) is 15.9. The molecule has 1 saturated carbocycles. The number of benzene rings is 2. The van der Waals surface area contributed by atoms with Gasteiger partial charge in [-0.3, -0.25) is 4.65 Å². The van der Waals surface area contributed by atoms with Crippen molar-refractivity contribution in [1.82, 2.24) is 0 Å². The Morgan fingerprint density at radius 1 is 1.15 bits per heavy atom. The molecule has 1 fully saturated rings. The molecular weight excluding hydrogens is 394 g/mol. The van der Waals surface area contributed by atoms with Crippen LogP contribution in [0, 0.1) is 5.21 Å². The van der Waals surface area contributed by atoms with Crippen LogP contribution in [0.4, 0.5) is 0 Å². The third-order valence-corrected chi connectivity index (χ3v) is 6.17. The Bertz CT molecular complexity index is 882. The maximum absolute atomic E-state index is 14.0. The van der Waals surface area contributed by atoms with Crippen LogP contribution in [0.3, 0.4) is 0 Å². The molecule has 1 atom stereocenters. The number of hydrogen-bond acceptors (Lipinski definition) is 3. The van der Waals surface area contributed by atoms with Gasteiger partial charge in [-0.05, 0) is 24.6 Å². The Balaban J connectivity index is 1.78. The first kappa shape index (κ1) is 17.6. The summed E-state index contributed by atoms with van der Waals surface area (Å²) in [6, 6.07) is 15.1. The van der Waals surface area contributed by atoms with Gasteiger partial charge in [-0.15, -0.1) is 0 Å². The Labute approximate surface area is 161 Å². The number of hydrogen-bond donors (Lipinski definition) is 1. The maximum Gasteiger partial charge on any atom is 0.347 e. The zero-order chi connectivity index (χ0) is 18.4. The summed E-state index contributed by atoms with van der Waals surface area (Å²) in [7, 11) is 0. The number of carbonyl (C=O) groups is 1. The topological polar surface area (TPSA) is 60.4 Å². The highest BCUT2D eigenvalue weighted by Gasteiger charge is 2.60. The standard InChI is InChI=1S/C21H20BrNO3/c22-18-9-7-17(8-10-18)21(12-15(13-21)4-3-11-24)23(26)14-16-5-1-2-6-19(16)20(23)25/h1-2,4-10,24H,3,11-14H2. The molecule has 4 nitrogen and oxygen atoms in total. The fraction of sp³-hybridized carbons (Fsp3) is 0.286. The van der Waals surface area contributed by atoms with Gasteiger partial charge in [0, 0.05) is 35.0 Å². The summed E-state index contributed by atoms with van der Waals surface area (Å²) in [5, 5.41) is 23.1. The van der Waals surface area contributed by atoms with E-state index in [2.05, 4.69) is 15.9 Å². The number of aliphatic hydroxyl groups is 1. The van der Waals surface area contributed by atoms with Crippen molar-refractivity contribution in [3.8, 4) is 0 Å². The quantitative estimate of drug-likeness (QED) is 0.458. The van der Waals surface area contributed by atoms with Crippen molar-refractivity contribution < 1.29 is 14.5 Å². The molecule has 5 heteroatoms. The number of aliphatic hydroxyl groups excluding tert-OH is 1. The molecule has 0 bridgehead atoms. The normalized spacial score (nSPS) is 27.2. The second kappa shape index (κ2) is 6.43. The van der Waals surface area contributed by atoms with Crippen molar-refractivity contribution in [2.45, 2.75) is 31.3 Å². The molecule has 134 valence electrons. The highest BCUT2D eigenvalue weighted by molar-refractivity contribution is 9.10. The number of nitrogens with zero attached hydrogens (tertiary/aromatic N) is 1. The van der Waals surface area contributed by atoms with Gasteiger partial charge in [-0.2, -0.15) is 0 Å². The average molecular weight is 414 g/mol. The van der Waals surface area contributed by atoms with Gasteiger partial charge in [0.05, 0.1) is 5.56 Å². The molecule has 2 aromatic rings. The van der Waals surface area contributed by atoms with E-state index < -0.39 is 10.2 Å². The second-order valence-electron chi connectivity index (χ2n) is 7.13. The fourth-order valence-electron chi connectivity index (χ4n) is 4.26. The highest BCUT2D eigenvalue weighted by atomic mass is 79.9. The second-order valence-corrected chi connectivity index (χ2v) is 8.04. The van der Waals surface area contributed by atoms with E-state index in [4.69, 9.17) is 5.11 Å². The number of halogens is 1. The molecule has 0 spiro atoms. The zero-order valence-electron chi connectivity index (χ0n) is 14.3. The van der Waals surface area contributed by atoms with Crippen LogP contribution in [0.1, 0.15) is 40.7 Å². The number of rotatable bonds is 4. The van der Waals surface area contributed by atoms with Crippen molar-refractivity contribution in [2.24, 2.45) is 0 Å². The number of amides is 1. The van der Waals surface area contributed by atoms with E-state index in [1.54, 1.807) is 6.07 Å². The van der Waals surface area contributed by atoms with Crippen LogP contribution in [-0.4, -0.2) is 22.3 Å². The Kier molecular flexibility index (Phi) is 4.35. The Morgan fingerprint density at radius 2 is 1.85 bits per heavy atom. The lowest BCUT2D eigenvalue weighted by molar-refractivity contribution is -0.878. The van der Waals surface area contributed by atoms with Crippen molar-refractivity contribution in [3.63, 3.8) is 0 Å². The van der Waals surface area contributed by atoms with E-state index in [0.717, 1.165) is 21.2 Å². The summed E-state index contributed by atoms with van der Waals surface area (Å²) in [6.07, 6.45) is 3.69. The predicted molar refractivity (Wildman–Crippen MR) is 103 cm³/mol. The van der Waals surface area contributed by atoms with Gasteiger partial charge < -0.3 is 10.3 Å². The number of hydroxylamine groups is 3. The van der Waals surface area contributed by atoms with Crippen molar-refractivity contribution in [3.05, 3.63) is 86.6 Å². The summed E-state index contributed by atoms with van der Waals surface area (Å²) >= 11 is 3.44. The molecule has 0 aromatic heterocycles. The first-order chi connectivity index (χ1) is 12.5. The van der Waals surface area contributed by atoms with Crippen molar-refractivity contribution in [1.29, 1.82) is 0 Å². The third kappa shape index (κ3) is 2.50. The minimum atomic E-state index is -0.857. The molecule has 2 aliphatic rings. The van der Waals surface area contributed by atoms with Gasteiger partial charge >= 0.3 is 5.91 Å². The lowest BCUT2D eigenvalue weighted by atomic mass is 9.66. The van der Waals surface area contributed by atoms with Gasteiger partial charge in [0.2, 0.25) is 0 Å². The van der Waals surface area contributed by atoms with E-state index in [-0.39, 0.29) is 19.1 Å². The Hall–Kier alpha value is -1.79. The largest absolute Gasteiger partial charge is 0.624 e. The van der Waals surface area contributed by atoms with E-state index in [1.807, 2.05) is 48.5 Å². The molecule has 1 amide bonds.